The molecule has 0 spiro atoms. The second kappa shape index (κ2) is 10.7. The molecule has 6 nitrogen and oxygen atoms in total. The fourth-order valence-electron chi connectivity index (χ4n) is 4.84. The zero-order valence-corrected chi connectivity index (χ0v) is 20.1. The summed E-state index contributed by atoms with van der Waals surface area (Å²) in [6.45, 7) is 14.1. The van der Waals surface area contributed by atoms with Gasteiger partial charge in [-0.2, -0.15) is 0 Å². The minimum Gasteiger partial charge on any atom is -0.479 e. The number of aliphatic carboxylic acids is 1. The number of azide groups is 1. The molecule has 7 heteroatoms. The van der Waals surface area contributed by atoms with E-state index in [0.29, 0.717) is 5.92 Å². The van der Waals surface area contributed by atoms with Gasteiger partial charge in [0.2, 0.25) is 0 Å². The highest BCUT2D eigenvalue weighted by atomic mass is 28.3. The third-order valence-electron chi connectivity index (χ3n) is 6.34. The Morgan fingerprint density at radius 2 is 1.82 bits per heavy atom. The highest BCUT2D eigenvalue weighted by Gasteiger charge is 2.54. The molecule has 0 aromatic heterocycles. The van der Waals surface area contributed by atoms with Gasteiger partial charge in [-0.05, 0) is 48.2 Å². The van der Waals surface area contributed by atoms with Gasteiger partial charge in [0.1, 0.15) is 0 Å². The van der Waals surface area contributed by atoms with Crippen molar-refractivity contribution >= 4 is 15.0 Å². The Hall–Kier alpha value is -1.04. The maximum Gasteiger partial charge on any atom is 0.335 e. The van der Waals surface area contributed by atoms with Gasteiger partial charge in [0.15, 0.2) is 14.6 Å². The second-order valence-electron chi connectivity index (χ2n) is 10.1. The van der Waals surface area contributed by atoms with Gasteiger partial charge in [0.25, 0.3) is 0 Å². The molecule has 3 atom stereocenters. The van der Waals surface area contributed by atoms with E-state index in [4.69, 9.17) is 4.43 Å². The highest BCUT2D eigenvalue weighted by Crippen LogP contribution is 2.44. The summed E-state index contributed by atoms with van der Waals surface area (Å²) < 4.78 is 6.22. The molecule has 1 saturated carbocycles. The van der Waals surface area contributed by atoms with Crippen LogP contribution in [-0.2, 0) is 9.22 Å². The van der Waals surface area contributed by atoms with E-state index in [1.165, 1.54) is 32.1 Å². The molecule has 1 rings (SSSR count). The fourth-order valence-corrected chi connectivity index (χ4v) is 6.13. The van der Waals surface area contributed by atoms with Crippen molar-refractivity contribution in [2.75, 3.05) is 0 Å². The number of rotatable bonds is 10. The predicted octanol–water partition coefficient (Wildman–Crippen LogP) is 6.17. The van der Waals surface area contributed by atoms with Crippen molar-refractivity contribution in [1.29, 1.82) is 0 Å². The monoisotopic (exact) mass is 411 g/mol. The molecule has 0 aromatic rings. The van der Waals surface area contributed by atoms with Gasteiger partial charge in [-0.25, -0.2) is 4.79 Å². The first-order valence-electron chi connectivity index (χ1n) is 10.9. The van der Waals surface area contributed by atoms with Crippen molar-refractivity contribution in [3.8, 4) is 0 Å². The van der Waals surface area contributed by atoms with Crippen LogP contribution in [-0.4, -0.2) is 31.8 Å². The molecule has 1 N–H and O–H groups in total. The number of hydrogen-bond donors (Lipinski definition) is 1. The smallest absolute Gasteiger partial charge is 0.335 e. The summed E-state index contributed by atoms with van der Waals surface area (Å²) in [6, 6.07) is -0.728. The Bertz CT molecular complexity index is 550. The maximum absolute atomic E-state index is 12.6. The normalized spacial score (nSPS) is 20.5. The van der Waals surface area contributed by atoms with Crippen LogP contribution in [0, 0.1) is 23.2 Å². The van der Waals surface area contributed by atoms with Crippen LogP contribution in [0.3, 0.4) is 0 Å². The van der Waals surface area contributed by atoms with Crippen molar-refractivity contribution in [1.82, 2.24) is 0 Å². The Kier molecular flexibility index (Phi) is 9.51. The molecule has 0 heterocycles. The van der Waals surface area contributed by atoms with Gasteiger partial charge in [0.05, 0.1) is 6.04 Å². The van der Waals surface area contributed by atoms with Crippen LogP contribution in [0.15, 0.2) is 5.11 Å². The van der Waals surface area contributed by atoms with Crippen molar-refractivity contribution in [3.63, 3.8) is 0 Å². The van der Waals surface area contributed by atoms with Gasteiger partial charge >= 0.3 is 5.97 Å². The van der Waals surface area contributed by atoms with Crippen molar-refractivity contribution < 1.29 is 14.3 Å². The minimum absolute atomic E-state index is 0.0587. The highest BCUT2D eigenvalue weighted by molar-refractivity contribution is 6.48. The summed E-state index contributed by atoms with van der Waals surface area (Å²) in [5.41, 5.74) is 7.69. The average molecular weight is 412 g/mol. The Morgan fingerprint density at radius 3 is 2.21 bits per heavy atom. The van der Waals surface area contributed by atoms with Crippen LogP contribution in [0.4, 0.5) is 0 Å². The van der Waals surface area contributed by atoms with Crippen LogP contribution in [0.5, 0.6) is 0 Å². The van der Waals surface area contributed by atoms with Crippen LogP contribution in [0.1, 0.15) is 79.6 Å². The van der Waals surface area contributed by atoms with Crippen molar-refractivity contribution in [2.45, 2.75) is 104 Å². The third kappa shape index (κ3) is 6.23. The number of carbonyl (C=O) groups is 1. The molecule has 0 amide bonds. The molecule has 0 aliphatic heterocycles. The molecular weight excluding hydrogens is 370 g/mol. The molecular formula is C21H41N3O3Si. The van der Waals surface area contributed by atoms with E-state index in [1.54, 1.807) is 0 Å². The Balaban J connectivity index is 3.33. The SMILES string of the molecule is CC(C)[C@@](O[SiH](C)C)(C(=O)O)[C@@H](N=[N+]=[N-])[C@@H](CCC1CCCCC1)C(C)(C)C. The van der Waals surface area contributed by atoms with E-state index in [0.717, 1.165) is 12.8 Å². The first-order chi connectivity index (χ1) is 13.0. The molecule has 1 fully saturated rings. The summed E-state index contributed by atoms with van der Waals surface area (Å²) in [5, 5.41) is 14.4. The van der Waals surface area contributed by atoms with Crippen molar-refractivity contribution in [2.24, 2.45) is 28.3 Å². The molecule has 1 aliphatic carbocycles. The van der Waals surface area contributed by atoms with Crippen LogP contribution in [0.25, 0.3) is 10.4 Å². The molecule has 0 unspecified atom stereocenters. The molecule has 0 saturated heterocycles. The lowest BCUT2D eigenvalue weighted by atomic mass is 9.65. The van der Waals surface area contributed by atoms with E-state index in [2.05, 4.69) is 30.8 Å². The molecule has 28 heavy (non-hydrogen) atoms. The molecule has 0 aromatic carbocycles. The number of carboxylic acid groups (broad SMARTS) is 1. The van der Waals surface area contributed by atoms with Crippen molar-refractivity contribution in [3.05, 3.63) is 10.4 Å². The fraction of sp³-hybridized carbons (Fsp3) is 0.952. The van der Waals surface area contributed by atoms with Gasteiger partial charge in [-0.1, -0.05) is 78.3 Å². The van der Waals surface area contributed by atoms with Crippen LogP contribution in [0.2, 0.25) is 13.1 Å². The lowest BCUT2D eigenvalue weighted by Crippen LogP contribution is -2.60. The minimum atomic E-state index is -1.70. The lowest BCUT2D eigenvalue weighted by Gasteiger charge is -2.47. The zero-order valence-electron chi connectivity index (χ0n) is 18.9. The standard InChI is InChI=1S/C21H41N3O3Si/c1-15(2)21(19(25)26,27-28(6)7)18(23-24-22)17(20(3,4)5)14-13-16-11-9-8-10-12-16/h15-18,28H,8-14H2,1-7H3,(H,25,26)/t17-,18+,21+/m1/s1. The van der Waals surface area contributed by atoms with E-state index < -0.39 is 26.7 Å². The molecule has 162 valence electrons. The summed E-state index contributed by atoms with van der Waals surface area (Å²) in [4.78, 5) is 15.7. The number of hydrogen-bond acceptors (Lipinski definition) is 3. The van der Waals surface area contributed by atoms with Gasteiger partial charge in [0, 0.05) is 4.91 Å². The largest absolute Gasteiger partial charge is 0.479 e. The van der Waals surface area contributed by atoms with E-state index in [9.17, 15) is 15.4 Å². The van der Waals surface area contributed by atoms with Crippen LogP contribution >= 0.6 is 0 Å². The molecule has 0 bridgehead atoms. The first kappa shape index (κ1) is 25.0. The second-order valence-corrected chi connectivity index (χ2v) is 12.5. The topological polar surface area (TPSA) is 95.3 Å². The van der Waals surface area contributed by atoms with Gasteiger partial charge < -0.3 is 9.53 Å². The Labute approximate surface area is 172 Å². The third-order valence-corrected chi connectivity index (χ3v) is 7.20. The predicted molar refractivity (Wildman–Crippen MR) is 117 cm³/mol. The average Bonchev–Trinajstić information content (AvgIpc) is 2.58. The zero-order chi connectivity index (χ0) is 21.5. The molecule has 1 aliphatic rings. The maximum atomic E-state index is 12.6. The summed E-state index contributed by atoms with van der Waals surface area (Å²) in [7, 11) is -1.70. The summed E-state index contributed by atoms with van der Waals surface area (Å²) >= 11 is 0. The lowest BCUT2D eigenvalue weighted by molar-refractivity contribution is -0.166. The summed E-state index contributed by atoms with van der Waals surface area (Å²) in [5.74, 6) is -0.663. The Morgan fingerprint density at radius 1 is 1.25 bits per heavy atom. The van der Waals surface area contributed by atoms with Gasteiger partial charge in [-0.3, -0.25) is 0 Å². The van der Waals surface area contributed by atoms with E-state index in [1.807, 2.05) is 26.9 Å². The van der Waals surface area contributed by atoms with Gasteiger partial charge in [-0.15, -0.1) is 0 Å². The first-order valence-corrected chi connectivity index (χ1v) is 13.7. The number of nitrogens with zero attached hydrogens (tertiary/aromatic N) is 3. The summed E-state index contributed by atoms with van der Waals surface area (Å²) in [6.07, 6.45) is 8.34. The molecule has 0 radical (unpaired) electrons. The van der Waals surface area contributed by atoms with E-state index in [-0.39, 0.29) is 17.3 Å². The number of carboxylic acids is 1. The van der Waals surface area contributed by atoms with Crippen LogP contribution < -0.4 is 0 Å². The van der Waals surface area contributed by atoms with E-state index >= 15 is 0 Å². The quantitative estimate of drug-likeness (QED) is 0.201.